The molecule has 3 N–H and O–H groups in total. The summed E-state index contributed by atoms with van der Waals surface area (Å²) in [7, 11) is 3.69. The molecule has 0 fully saturated rings. The molecule has 1 heterocycles. The van der Waals surface area contributed by atoms with Crippen LogP contribution in [0.5, 0.6) is 5.88 Å². The summed E-state index contributed by atoms with van der Waals surface area (Å²) in [5.74, 6) is 0.504. The van der Waals surface area contributed by atoms with Crippen molar-refractivity contribution in [3.63, 3.8) is 0 Å². The van der Waals surface area contributed by atoms with Crippen molar-refractivity contribution >= 4 is 28.1 Å². The molecule has 0 aliphatic carbocycles. The van der Waals surface area contributed by atoms with Gasteiger partial charge in [0.25, 0.3) is 0 Å². The summed E-state index contributed by atoms with van der Waals surface area (Å²) in [6.07, 6.45) is 0. The van der Waals surface area contributed by atoms with Crippen molar-refractivity contribution in [2.75, 3.05) is 14.1 Å². The number of hydrogen-bond acceptors (Lipinski definition) is 3. The van der Waals surface area contributed by atoms with Crippen molar-refractivity contribution in [1.29, 1.82) is 5.41 Å². The van der Waals surface area contributed by atoms with Crippen LogP contribution < -0.4 is 0 Å². The van der Waals surface area contributed by atoms with Gasteiger partial charge in [-0.2, -0.15) is 0 Å². The Kier molecular flexibility index (Phi) is 4.87. The number of H-pyrrole nitrogens is 1. The third-order valence-electron chi connectivity index (χ3n) is 4.78. The quantitative estimate of drug-likeness (QED) is 0.346. The summed E-state index contributed by atoms with van der Waals surface area (Å²) < 4.78 is 0. The highest BCUT2D eigenvalue weighted by Gasteiger charge is 2.18. The Morgan fingerprint density at radius 1 is 0.897 bits per heavy atom. The first kappa shape index (κ1) is 18.5. The first-order valence-electron chi connectivity index (χ1n) is 9.35. The molecule has 4 aromatic rings. The average molecular weight is 382 g/mol. The highest BCUT2D eigenvalue weighted by molar-refractivity contribution is 6.21. The van der Waals surface area contributed by atoms with Crippen LogP contribution in [0.4, 0.5) is 5.69 Å². The zero-order valence-electron chi connectivity index (χ0n) is 16.3. The molecule has 0 unspecified atom stereocenters. The fourth-order valence-corrected chi connectivity index (χ4v) is 3.34. The van der Waals surface area contributed by atoms with Gasteiger partial charge < -0.3 is 15.0 Å². The molecule has 0 amide bonds. The minimum absolute atomic E-state index is 0.0889. The first-order valence-corrected chi connectivity index (χ1v) is 9.35. The smallest absolute Gasteiger partial charge is 0.199 e. The van der Waals surface area contributed by atoms with Crippen molar-refractivity contribution in [2.24, 2.45) is 4.99 Å². The minimum atomic E-state index is 0.0889. The number of rotatable bonds is 4. The van der Waals surface area contributed by atoms with Gasteiger partial charge >= 0.3 is 0 Å². The van der Waals surface area contributed by atoms with Crippen molar-refractivity contribution in [1.82, 2.24) is 9.88 Å². The first-order chi connectivity index (χ1) is 14.0. The van der Waals surface area contributed by atoms with E-state index in [0.717, 1.165) is 27.7 Å². The Labute approximate surface area is 169 Å². The van der Waals surface area contributed by atoms with E-state index in [1.807, 2.05) is 93.0 Å². The van der Waals surface area contributed by atoms with E-state index in [9.17, 15) is 5.11 Å². The molecule has 0 saturated carbocycles. The largest absolute Gasteiger partial charge is 0.494 e. The monoisotopic (exact) mass is 382 g/mol. The molecule has 0 aliphatic rings. The SMILES string of the molecule is CN(C)C(=N)c1cccc(N=C(c2ccccc2)c2c(O)[nH]c3ccccc23)c1. The van der Waals surface area contributed by atoms with E-state index < -0.39 is 0 Å². The summed E-state index contributed by atoms with van der Waals surface area (Å²) in [4.78, 5) is 9.70. The number of benzene rings is 3. The predicted molar refractivity (Wildman–Crippen MR) is 119 cm³/mol. The second-order valence-electron chi connectivity index (χ2n) is 7.01. The lowest BCUT2D eigenvalue weighted by Crippen LogP contribution is -2.21. The Hall–Kier alpha value is -3.86. The molecule has 144 valence electrons. The van der Waals surface area contributed by atoms with Crippen molar-refractivity contribution < 1.29 is 5.11 Å². The summed E-state index contributed by atoms with van der Waals surface area (Å²) in [5.41, 5.74) is 4.60. The maximum atomic E-state index is 10.7. The number of aromatic hydroxyl groups is 1. The lowest BCUT2D eigenvalue weighted by Gasteiger charge is -2.14. The lowest BCUT2D eigenvalue weighted by atomic mass is 10.0. The van der Waals surface area contributed by atoms with E-state index in [4.69, 9.17) is 10.4 Å². The molecular weight excluding hydrogens is 360 g/mol. The zero-order valence-corrected chi connectivity index (χ0v) is 16.3. The molecule has 1 aromatic heterocycles. The third-order valence-corrected chi connectivity index (χ3v) is 4.78. The molecule has 5 nitrogen and oxygen atoms in total. The van der Waals surface area contributed by atoms with E-state index in [2.05, 4.69) is 4.98 Å². The summed E-state index contributed by atoms with van der Waals surface area (Å²) in [6.45, 7) is 0. The van der Waals surface area contributed by atoms with Gasteiger partial charge in [-0.25, -0.2) is 4.99 Å². The van der Waals surface area contributed by atoms with Crippen LogP contribution in [0.1, 0.15) is 16.7 Å². The molecule has 0 aliphatic heterocycles. The third kappa shape index (κ3) is 3.62. The number of nitrogens with zero attached hydrogens (tertiary/aromatic N) is 2. The zero-order chi connectivity index (χ0) is 20.4. The Morgan fingerprint density at radius 2 is 1.59 bits per heavy atom. The highest BCUT2D eigenvalue weighted by Crippen LogP contribution is 2.31. The normalized spacial score (nSPS) is 11.6. The standard InChI is InChI=1S/C24H22N4O/c1-28(2)23(25)17-11-8-12-18(15-17)26-22(16-9-4-3-5-10-16)21-19-13-6-7-14-20(19)27-24(21)29/h3-15,25,27,29H,1-2H3. The molecule has 3 aromatic carbocycles. The summed E-state index contributed by atoms with van der Waals surface area (Å²) >= 11 is 0. The van der Waals surface area contributed by atoms with E-state index in [1.54, 1.807) is 4.90 Å². The van der Waals surface area contributed by atoms with Crippen molar-refractivity contribution in [3.05, 3.63) is 95.6 Å². The molecular formula is C24H22N4O. The van der Waals surface area contributed by atoms with E-state index in [0.29, 0.717) is 17.1 Å². The number of amidine groups is 1. The summed E-state index contributed by atoms with van der Waals surface area (Å²) in [5, 5.41) is 19.8. The second kappa shape index (κ2) is 7.64. The van der Waals surface area contributed by atoms with Crippen LogP contribution in [0.3, 0.4) is 0 Å². The van der Waals surface area contributed by atoms with Gasteiger partial charge in [-0.15, -0.1) is 0 Å². The number of aromatic nitrogens is 1. The maximum absolute atomic E-state index is 10.7. The Morgan fingerprint density at radius 3 is 2.34 bits per heavy atom. The number of hydrogen-bond donors (Lipinski definition) is 3. The Bertz CT molecular complexity index is 1210. The molecule has 29 heavy (non-hydrogen) atoms. The number of aliphatic imine (C=N–C) groups is 1. The number of aromatic amines is 1. The number of fused-ring (bicyclic) bond motifs is 1. The second-order valence-corrected chi connectivity index (χ2v) is 7.01. The van der Waals surface area contributed by atoms with Gasteiger partial charge in [0.05, 0.1) is 17.0 Å². The number of para-hydroxylation sites is 1. The molecule has 0 saturated heterocycles. The van der Waals surface area contributed by atoms with Gasteiger partial charge in [-0.05, 0) is 18.2 Å². The lowest BCUT2D eigenvalue weighted by molar-refractivity contribution is 0.457. The van der Waals surface area contributed by atoms with Crippen molar-refractivity contribution in [2.45, 2.75) is 0 Å². The average Bonchev–Trinajstić information content (AvgIpc) is 3.08. The van der Waals surface area contributed by atoms with Crippen LogP contribution in [0.25, 0.3) is 10.9 Å². The fraction of sp³-hybridized carbons (Fsp3) is 0.0833. The maximum Gasteiger partial charge on any atom is 0.199 e. The molecule has 0 atom stereocenters. The van der Waals surface area contributed by atoms with Crippen LogP contribution in [0.2, 0.25) is 0 Å². The van der Waals surface area contributed by atoms with Gasteiger partial charge in [0, 0.05) is 36.1 Å². The van der Waals surface area contributed by atoms with Gasteiger partial charge in [-0.1, -0.05) is 60.7 Å². The van der Waals surface area contributed by atoms with Gasteiger partial charge in [0.2, 0.25) is 0 Å². The molecule has 0 radical (unpaired) electrons. The van der Waals surface area contributed by atoms with Crippen molar-refractivity contribution in [3.8, 4) is 5.88 Å². The van der Waals surface area contributed by atoms with E-state index in [1.165, 1.54) is 0 Å². The van der Waals surface area contributed by atoms with Crippen LogP contribution in [0, 0.1) is 5.41 Å². The molecule has 4 rings (SSSR count). The Balaban J connectivity index is 1.92. The topological polar surface area (TPSA) is 75.5 Å². The van der Waals surface area contributed by atoms with Crippen LogP contribution in [0.15, 0.2) is 83.9 Å². The molecule has 0 spiro atoms. The van der Waals surface area contributed by atoms with Gasteiger partial charge in [-0.3, -0.25) is 5.41 Å². The van der Waals surface area contributed by atoms with E-state index >= 15 is 0 Å². The molecule has 0 bridgehead atoms. The fourth-order valence-electron chi connectivity index (χ4n) is 3.34. The van der Waals surface area contributed by atoms with Gasteiger partial charge in [0.1, 0.15) is 5.84 Å². The van der Waals surface area contributed by atoms with Gasteiger partial charge in [0.15, 0.2) is 5.88 Å². The van der Waals surface area contributed by atoms with Crippen LogP contribution >= 0.6 is 0 Å². The minimum Gasteiger partial charge on any atom is -0.494 e. The van der Waals surface area contributed by atoms with E-state index in [-0.39, 0.29) is 5.88 Å². The molecule has 5 heteroatoms. The number of nitrogens with one attached hydrogen (secondary N) is 2. The highest BCUT2D eigenvalue weighted by atomic mass is 16.3. The predicted octanol–water partition coefficient (Wildman–Crippen LogP) is 4.93. The van der Waals surface area contributed by atoms with Crippen LogP contribution in [-0.4, -0.2) is 40.6 Å². The van der Waals surface area contributed by atoms with Crippen LogP contribution in [-0.2, 0) is 0 Å². The summed E-state index contributed by atoms with van der Waals surface area (Å²) in [6, 6.07) is 25.2.